The third-order valence-corrected chi connectivity index (χ3v) is 5.35. The molecule has 2 aliphatic rings. The maximum atomic E-state index is 12.9. The molecule has 0 saturated heterocycles. The maximum Gasteiger partial charge on any atom is 0.227 e. The number of carbonyl (C=O) groups is 2. The third kappa shape index (κ3) is 4.74. The van der Waals surface area contributed by atoms with Gasteiger partial charge in [-0.15, -0.1) is 0 Å². The number of amides is 2. The van der Waals surface area contributed by atoms with Gasteiger partial charge in [-0.3, -0.25) is 9.59 Å². The zero-order valence-electron chi connectivity index (χ0n) is 15.0. The highest BCUT2D eigenvalue weighted by atomic mass is 16.5. The molecule has 3 rings (SSSR count). The van der Waals surface area contributed by atoms with Crippen LogP contribution in [0.15, 0.2) is 24.3 Å². The van der Waals surface area contributed by atoms with Crippen LogP contribution in [0.5, 0.6) is 5.75 Å². The number of rotatable bonds is 7. The predicted molar refractivity (Wildman–Crippen MR) is 96.1 cm³/mol. The van der Waals surface area contributed by atoms with Crippen molar-refractivity contribution in [2.45, 2.75) is 64.0 Å². The number of hydrogen-bond acceptors (Lipinski definition) is 3. The number of carbonyl (C=O) groups excluding carboxylic acids is 2. The molecular weight excluding hydrogens is 316 g/mol. The van der Waals surface area contributed by atoms with E-state index >= 15 is 0 Å². The summed E-state index contributed by atoms with van der Waals surface area (Å²) in [5.74, 6) is 0.855. The summed E-state index contributed by atoms with van der Waals surface area (Å²) < 4.78 is 5.15. The average Bonchev–Trinajstić information content (AvgIpc) is 3.44. The van der Waals surface area contributed by atoms with E-state index in [2.05, 4.69) is 10.6 Å². The Balaban J connectivity index is 1.60. The first-order valence-electron chi connectivity index (χ1n) is 9.32. The van der Waals surface area contributed by atoms with Crippen molar-refractivity contribution in [1.82, 2.24) is 10.6 Å². The molecule has 2 fully saturated rings. The lowest BCUT2D eigenvalue weighted by atomic mass is 9.71. The van der Waals surface area contributed by atoms with Crippen LogP contribution in [-0.2, 0) is 16.1 Å². The molecule has 136 valence electrons. The second-order valence-electron chi connectivity index (χ2n) is 7.39. The van der Waals surface area contributed by atoms with Gasteiger partial charge in [0, 0.05) is 19.0 Å². The van der Waals surface area contributed by atoms with Crippen LogP contribution in [0.25, 0.3) is 0 Å². The van der Waals surface area contributed by atoms with Crippen molar-refractivity contribution in [3.63, 3.8) is 0 Å². The fraction of sp³-hybridized carbons (Fsp3) is 0.600. The number of hydrogen-bond donors (Lipinski definition) is 2. The summed E-state index contributed by atoms with van der Waals surface area (Å²) in [5.41, 5.74) is 0.492. The van der Waals surface area contributed by atoms with Gasteiger partial charge in [0.05, 0.1) is 12.5 Å². The summed E-state index contributed by atoms with van der Waals surface area (Å²) in [5, 5.41) is 6.10. The SMILES string of the molecule is COc1ccc(CNC(=O)C2(CC(=O)NC3CC3)CCCCC2)cc1. The van der Waals surface area contributed by atoms with Gasteiger partial charge in [0.15, 0.2) is 0 Å². The summed E-state index contributed by atoms with van der Waals surface area (Å²) in [6, 6.07) is 8.02. The Bertz CT molecular complexity index is 602. The highest BCUT2D eigenvalue weighted by Gasteiger charge is 2.41. The molecule has 0 atom stereocenters. The Kier molecular flexibility index (Phi) is 5.61. The number of benzene rings is 1. The van der Waals surface area contributed by atoms with E-state index < -0.39 is 5.41 Å². The van der Waals surface area contributed by atoms with Crippen molar-refractivity contribution in [3.8, 4) is 5.75 Å². The molecule has 2 aliphatic carbocycles. The Labute approximate surface area is 149 Å². The predicted octanol–water partition coefficient (Wildman–Crippen LogP) is 2.93. The molecule has 0 aromatic heterocycles. The summed E-state index contributed by atoms with van der Waals surface area (Å²) in [7, 11) is 1.64. The van der Waals surface area contributed by atoms with Crippen molar-refractivity contribution >= 4 is 11.8 Å². The average molecular weight is 344 g/mol. The molecule has 1 aromatic carbocycles. The van der Waals surface area contributed by atoms with E-state index in [0.717, 1.165) is 56.3 Å². The lowest BCUT2D eigenvalue weighted by molar-refractivity contribution is -0.138. The first-order chi connectivity index (χ1) is 12.1. The highest BCUT2D eigenvalue weighted by Crippen LogP contribution is 2.40. The normalized spacial score (nSPS) is 19.1. The van der Waals surface area contributed by atoms with E-state index in [1.807, 2.05) is 24.3 Å². The largest absolute Gasteiger partial charge is 0.497 e. The van der Waals surface area contributed by atoms with Gasteiger partial charge in [0.25, 0.3) is 0 Å². The van der Waals surface area contributed by atoms with E-state index in [1.165, 1.54) is 0 Å². The molecule has 2 N–H and O–H groups in total. The number of methoxy groups -OCH3 is 1. The van der Waals surface area contributed by atoms with Crippen molar-refractivity contribution in [2.75, 3.05) is 7.11 Å². The van der Waals surface area contributed by atoms with Gasteiger partial charge >= 0.3 is 0 Å². The van der Waals surface area contributed by atoms with Crippen molar-refractivity contribution in [3.05, 3.63) is 29.8 Å². The fourth-order valence-corrected chi connectivity index (χ4v) is 3.64. The topological polar surface area (TPSA) is 67.4 Å². The van der Waals surface area contributed by atoms with Crippen molar-refractivity contribution in [1.29, 1.82) is 0 Å². The second kappa shape index (κ2) is 7.89. The van der Waals surface area contributed by atoms with Crippen LogP contribution >= 0.6 is 0 Å². The van der Waals surface area contributed by atoms with Gasteiger partial charge in [0.2, 0.25) is 11.8 Å². The summed E-state index contributed by atoms with van der Waals surface area (Å²) in [6.45, 7) is 0.481. The smallest absolute Gasteiger partial charge is 0.227 e. The molecule has 2 amide bonds. The van der Waals surface area contributed by atoms with E-state index in [-0.39, 0.29) is 11.8 Å². The van der Waals surface area contributed by atoms with Crippen LogP contribution in [-0.4, -0.2) is 25.0 Å². The van der Waals surface area contributed by atoms with Crippen LogP contribution in [0.1, 0.15) is 56.9 Å². The summed E-state index contributed by atoms with van der Waals surface area (Å²) in [4.78, 5) is 25.2. The zero-order chi connectivity index (χ0) is 17.7. The molecule has 0 radical (unpaired) electrons. The molecule has 5 nitrogen and oxygen atoms in total. The van der Waals surface area contributed by atoms with Gasteiger partial charge < -0.3 is 15.4 Å². The Hall–Kier alpha value is -2.04. The van der Waals surface area contributed by atoms with E-state index in [4.69, 9.17) is 4.74 Å². The molecule has 0 unspecified atom stereocenters. The van der Waals surface area contributed by atoms with Crippen LogP contribution < -0.4 is 15.4 Å². The molecule has 1 aromatic rings. The zero-order valence-corrected chi connectivity index (χ0v) is 15.0. The lowest BCUT2D eigenvalue weighted by Gasteiger charge is -2.35. The molecule has 0 heterocycles. The van der Waals surface area contributed by atoms with Gasteiger partial charge in [-0.25, -0.2) is 0 Å². The van der Waals surface area contributed by atoms with Crippen molar-refractivity contribution < 1.29 is 14.3 Å². The van der Waals surface area contributed by atoms with Crippen LogP contribution in [0.2, 0.25) is 0 Å². The summed E-state index contributed by atoms with van der Waals surface area (Å²) >= 11 is 0. The van der Waals surface area contributed by atoms with Gasteiger partial charge in [-0.05, 0) is 43.4 Å². The quantitative estimate of drug-likeness (QED) is 0.799. The molecular formula is C20H28N2O3. The van der Waals surface area contributed by atoms with Crippen LogP contribution in [0.4, 0.5) is 0 Å². The standard InChI is InChI=1S/C20H28N2O3/c1-25-17-9-5-15(6-10-17)14-21-19(24)20(11-3-2-4-12-20)13-18(23)22-16-7-8-16/h5-6,9-10,16H,2-4,7-8,11-14H2,1H3,(H,21,24)(H,22,23). The van der Waals surface area contributed by atoms with E-state index in [1.54, 1.807) is 7.11 Å². The Morgan fingerprint density at radius 3 is 2.40 bits per heavy atom. The fourth-order valence-electron chi connectivity index (χ4n) is 3.64. The number of nitrogens with one attached hydrogen (secondary N) is 2. The van der Waals surface area contributed by atoms with Gasteiger partial charge in [0.1, 0.15) is 5.75 Å². The maximum absolute atomic E-state index is 12.9. The Morgan fingerprint density at radius 2 is 1.80 bits per heavy atom. The highest BCUT2D eigenvalue weighted by molar-refractivity contribution is 5.89. The van der Waals surface area contributed by atoms with Gasteiger partial charge in [-0.2, -0.15) is 0 Å². The monoisotopic (exact) mass is 344 g/mol. The first kappa shape index (κ1) is 17.8. The van der Waals surface area contributed by atoms with Crippen LogP contribution in [0, 0.1) is 5.41 Å². The molecule has 0 spiro atoms. The first-order valence-corrected chi connectivity index (χ1v) is 9.32. The molecule has 0 bridgehead atoms. The van der Waals surface area contributed by atoms with Crippen LogP contribution in [0.3, 0.4) is 0 Å². The summed E-state index contributed by atoms with van der Waals surface area (Å²) in [6.07, 6.45) is 7.26. The molecule has 0 aliphatic heterocycles. The molecule has 2 saturated carbocycles. The number of ether oxygens (including phenoxy) is 1. The minimum absolute atomic E-state index is 0.0222. The Morgan fingerprint density at radius 1 is 1.12 bits per heavy atom. The molecule has 25 heavy (non-hydrogen) atoms. The van der Waals surface area contributed by atoms with E-state index in [9.17, 15) is 9.59 Å². The van der Waals surface area contributed by atoms with Crippen molar-refractivity contribution in [2.24, 2.45) is 5.41 Å². The molecule has 5 heteroatoms. The minimum atomic E-state index is -0.538. The lowest BCUT2D eigenvalue weighted by Crippen LogP contribution is -2.45. The minimum Gasteiger partial charge on any atom is -0.497 e. The third-order valence-electron chi connectivity index (χ3n) is 5.35. The second-order valence-corrected chi connectivity index (χ2v) is 7.39. The van der Waals surface area contributed by atoms with Gasteiger partial charge in [-0.1, -0.05) is 31.4 Å². The van der Waals surface area contributed by atoms with E-state index in [0.29, 0.717) is 19.0 Å².